The molecule has 0 saturated heterocycles. The van der Waals surface area contributed by atoms with Gasteiger partial charge in [-0.1, -0.05) is 0 Å². The van der Waals surface area contributed by atoms with Gasteiger partial charge in [0.05, 0.1) is 11.5 Å². The zero-order chi connectivity index (χ0) is 9.60. The van der Waals surface area contributed by atoms with E-state index in [-0.39, 0.29) is 5.41 Å². The molecule has 1 fully saturated rings. The SMILES string of the molecule is N#CC1(c2ccn3ccnc3c2)CC1. The van der Waals surface area contributed by atoms with E-state index in [4.69, 9.17) is 5.26 Å². The van der Waals surface area contributed by atoms with Gasteiger partial charge in [-0.2, -0.15) is 5.26 Å². The van der Waals surface area contributed by atoms with E-state index >= 15 is 0 Å². The number of fused-ring (bicyclic) bond motifs is 1. The largest absolute Gasteiger partial charge is 0.307 e. The molecule has 1 aliphatic rings. The summed E-state index contributed by atoms with van der Waals surface area (Å²) in [6, 6.07) is 6.42. The lowest BCUT2D eigenvalue weighted by atomic mass is 9.99. The van der Waals surface area contributed by atoms with Gasteiger partial charge < -0.3 is 4.40 Å². The summed E-state index contributed by atoms with van der Waals surface area (Å²) in [5.74, 6) is 0. The molecule has 68 valence electrons. The molecule has 0 unspecified atom stereocenters. The first-order valence-corrected chi connectivity index (χ1v) is 4.69. The highest BCUT2D eigenvalue weighted by molar-refractivity contribution is 5.48. The summed E-state index contributed by atoms with van der Waals surface area (Å²) in [5, 5.41) is 9.06. The molecular weight excluding hydrogens is 174 g/mol. The first kappa shape index (κ1) is 7.57. The highest BCUT2D eigenvalue weighted by Gasteiger charge is 2.44. The smallest absolute Gasteiger partial charge is 0.136 e. The maximum atomic E-state index is 9.06. The lowest BCUT2D eigenvalue weighted by Gasteiger charge is -2.05. The third-order valence-corrected chi connectivity index (χ3v) is 2.91. The zero-order valence-electron chi connectivity index (χ0n) is 7.64. The van der Waals surface area contributed by atoms with E-state index in [1.807, 2.05) is 28.9 Å². The summed E-state index contributed by atoms with van der Waals surface area (Å²) in [5.41, 5.74) is 1.83. The summed E-state index contributed by atoms with van der Waals surface area (Å²) in [6.07, 6.45) is 7.62. The minimum Gasteiger partial charge on any atom is -0.307 e. The second-order valence-corrected chi connectivity index (χ2v) is 3.80. The molecule has 1 saturated carbocycles. The first-order valence-electron chi connectivity index (χ1n) is 4.69. The molecular formula is C11H9N3. The third kappa shape index (κ3) is 0.882. The van der Waals surface area contributed by atoms with Crippen molar-refractivity contribution in [3.63, 3.8) is 0 Å². The van der Waals surface area contributed by atoms with Crippen molar-refractivity contribution < 1.29 is 0 Å². The van der Waals surface area contributed by atoms with Crippen LogP contribution in [-0.4, -0.2) is 9.38 Å². The van der Waals surface area contributed by atoms with Crippen molar-refractivity contribution in [2.24, 2.45) is 0 Å². The summed E-state index contributed by atoms with van der Waals surface area (Å²) in [4.78, 5) is 4.21. The van der Waals surface area contributed by atoms with Crippen LogP contribution in [0.2, 0.25) is 0 Å². The van der Waals surface area contributed by atoms with Gasteiger partial charge in [-0.3, -0.25) is 0 Å². The van der Waals surface area contributed by atoms with E-state index in [9.17, 15) is 0 Å². The number of hydrogen-bond donors (Lipinski definition) is 0. The first-order chi connectivity index (χ1) is 6.84. The van der Waals surface area contributed by atoms with E-state index in [0.717, 1.165) is 24.1 Å². The van der Waals surface area contributed by atoms with Crippen LogP contribution in [0.15, 0.2) is 30.7 Å². The fourth-order valence-electron chi connectivity index (χ4n) is 1.80. The molecule has 0 amide bonds. The van der Waals surface area contributed by atoms with Crippen LogP contribution in [0.1, 0.15) is 18.4 Å². The number of hydrogen-bond acceptors (Lipinski definition) is 2. The van der Waals surface area contributed by atoms with Crippen LogP contribution in [-0.2, 0) is 5.41 Å². The molecule has 0 N–H and O–H groups in total. The van der Waals surface area contributed by atoms with Gasteiger partial charge in [0, 0.05) is 18.6 Å². The molecule has 14 heavy (non-hydrogen) atoms. The second kappa shape index (κ2) is 2.36. The van der Waals surface area contributed by atoms with Gasteiger partial charge in [0.15, 0.2) is 0 Å². The van der Waals surface area contributed by atoms with Crippen molar-refractivity contribution in [2.75, 3.05) is 0 Å². The number of rotatable bonds is 1. The van der Waals surface area contributed by atoms with Crippen molar-refractivity contribution in [2.45, 2.75) is 18.3 Å². The summed E-state index contributed by atoms with van der Waals surface area (Å²) in [6.45, 7) is 0. The Kier molecular flexibility index (Phi) is 1.27. The van der Waals surface area contributed by atoms with E-state index in [0.29, 0.717) is 0 Å². The number of aromatic nitrogens is 2. The average molecular weight is 183 g/mol. The highest BCUT2D eigenvalue weighted by Crippen LogP contribution is 2.47. The molecule has 3 rings (SSSR count). The van der Waals surface area contributed by atoms with Gasteiger partial charge >= 0.3 is 0 Å². The number of imidazole rings is 1. The molecule has 0 aromatic carbocycles. The Morgan fingerprint density at radius 2 is 2.29 bits per heavy atom. The Bertz CT molecular complexity index is 529. The minimum atomic E-state index is -0.201. The Morgan fingerprint density at radius 3 is 3.00 bits per heavy atom. The fraction of sp³-hybridized carbons (Fsp3) is 0.273. The van der Waals surface area contributed by atoms with E-state index in [2.05, 4.69) is 11.1 Å². The average Bonchev–Trinajstić information content (AvgIpc) is 2.89. The Hall–Kier alpha value is -1.82. The summed E-state index contributed by atoms with van der Waals surface area (Å²) < 4.78 is 1.96. The van der Waals surface area contributed by atoms with Gasteiger partial charge in [0.2, 0.25) is 0 Å². The number of pyridine rings is 1. The van der Waals surface area contributed by atoms with Gasteiger partial charge in [-0.05, 0) is 30.5 Å². The molecule has 2 aromatic heterocycles. The quantitative estimate of drug-likeness (QED) is 0.677. The summed E-state index contributed by atoms with van der Waals surface area (Å²) in [7, 11) is 0. The Balaban J connectivity index is 2.19. The Labute approximate surface area is 81.6 Å². The van der Waals surface area contributed by atoms with E-state index < -0.39 is 0 Å². The third-order valence-electron chi connectivity index (χ3n) is 2.91. The van der Waals surface area contributed by atoms with Crippen molar-refractivity contribution >= 4 is 5.65 Å². The van der Waals surface area contributed by atoms with Crippen LogP contribution in [0.4, 0.5) is 0 Å². The fourth-order valence-corrected chi connectivity index (χ4v) is 1.80. The van der Waals surface area contributed by atoms with Crippen molar-refractivity contribution in [1.29, 1.82) is 5.26 Å². The van der Waals surface area contributed by atoms with Crippen LogP contribution < -0.4 is 0 Å². The number of nitriles is 1. The predicted molar refractivity (Wildman–Crippen MR) is 51.7 cm³/mol. The molecule has 3 nitrogen and oxygen atoms in total. The maximum Gasteiger partial charge on any atom is 0.136 e. The van der Waals surface area contributed by atoms with Crippen LogP contribution in [0.25, 0.3) is 5.65 Å². The maximum absolute atomic E-state index is 9.06. The molecule has 2 aromatic rings. The normalized spacial score (nSPS) is 17.9. The Morgan fingerprint density at radius 1 is 1.43 bits per heavy atom. The molecule has 0 atom stereocenters. The van der Waals surface area contributed by atoms with Crippen LogP contribution >= 0.6 is 0 Å². The monoisotopic (exact) mass is 183 g/mol. The van der Waals surface area contributed by atoms with Crippen LogP contribution in [0.3, 0.4) is 0 Å². The molecule has 1 aliphatic carbocycles. The topological polar surface area (TPSA) is 41.1 Å². The predicted octanol–water partition coefficient (Wildman–Crippen LogP) is 1.89. The molecule has 2 heterocycles. The van der Waals surface area contributed by atoms with E-state index in [1.54, 1.807) is 6.20 Å². The molecule has 0 aliphatic heterocycles. The van der Waals surface area contributed by atoms with Crippen molar-refractivity contribution in [3.8, 4) is 6.07 Å². The van der Waals surface area contributed by atoms with Gasteiger partial charge in [0.1, 0.15) is 5.65 Å². The van der Waals surface area contributed by atoms with Gasteiger partial charge in [0.25, 0.3) is 0 Å². The minimum absolute atomic E-state index is 0.201. The van der Waals surface area contributed by atoms with Crippen molar-refractivity contribution in [1.82, 2.24) is 9.38 Å². The van der Waals surface area contributed by atoms with Crippen molar-refractivity contribution in [3.05, 3.63) is 36.3 Å². The molecule has 0 bridgehead atoms. The van der Waals surface area contributed by atoms with Gasteiger partial charge in [-0.15, -0.1) is 0 Å². The van der Waals surface area contributed by atoms with Crippen LogP contribution in [0.5, 0.6) is 0 Å². The van der Waals surface area contributed by atoms with E-state index in [1.165, 1.54) is 0 Å². The molecule has 0 spiro atoms. The molecule has 3 heteroatoms. The lowest BCUT2D eigenvalue weighted by molar-refractivity contribution is 0.902. The van der Waals surface area contributed by atoms with Crippen LogP contribution in [0, 0.1) is 11.3 Å². The second-order valence-electron chi connectivity index (χ2n) is 3.80. The highest BCUT2D eigenvalue weighted by atomic mass is 15.0. The number of nitrogens with zero attached hydrogens (tertiary/aromatic N) is 3. The molecule has 0 radical (unpaired) electrons. The van der Waals surface area contributed by atoms with Gasteiger partial charge in [-0.25, -0.2) is 4.98 Å². The summed E-state index contributed by atoms with van der Waals surface area (Å²) >= 11 is 0. The standard InChI is InChI=1S/C11H9N3/c12-8-11(2-3-11)9-1-5-14-6-4-13-10(14)7-9/h1,4-7H,2-3H2. The lowest BCUT2D eigenvalue weighted by Crippen LogP contribution is -2.02. The zero-order valence-corrected chi connectivity index (χ0v) is 7.64.